The molecule has 0 saturated carbocycles. The fourth-order valence-electron chi connectivity index (χ4n) is 2.49. The topological polar surface area (TPSA) is 105 Å². The summed E-state index contributed by atoms with van der Waals surface area (Å²) in [5.74, 6) is -1.42. The van der Waals surface area contributed by atoms with Crippen LogP contribution in [0.25, 0.3) is 0 Å². The molecule has 0 aliphatic carbocycles. The number of nitrogens with one attached hydrogen (secondary N) is 1. The summed E-state index contributed by atoms with van der Waals surface area (Å²) in [5.41, 5.74) is 1.39. The third-order valence-corrected chi connectivity index (χ3v) is 3.87. The molecule has 1 unspecified atom stereocenters. The Morgan fingerprint density at radius 3 is 2.73 bits per heavy atom. The minimum atomic E-state index is -0.870. The van der Waals surface area contributed by atoms with Crippen molar-refractivity contribution < 1.29 is 19.5 Å². The normalized spacial score (nSPS) is 11.6. The molecule has 1 aromatic carbocycles. The van der Waals surface area contributed by atoms with Gasteiger partial charge in [-0.15, -0.1) is 0 Å². The van der Waals surface area contributed by atoms with Crippen LogP contribution in [0.4, 0.5) is 5.69 Å². The molecule has 0 aliphatic heterocycles. The maximum atomic E-state index is 12.4. The van der Waals surface area contributed by atoms with Crippen LogP contribution in [0.1, 0.15) is 24.9 Å². The quantitative estimate of drug-likeness (QED) is 0.745. The summed E-state index contributed by atoms with van der Waals surface area (Å²) < 4.78 is 1.53. The van der Waals surface area contributed by atoms with Gasteiger partial charge in [-0.3, -0.25) is 19.1 Å². The summed E-state index contributed by atoms with van der Waals surface area (Å²) in [6.07, 6.45) is 3.70. The zero-order valence-electron chi connectivity index (χ0n) is 14.8. The molecule has 1 aromatic heterocycles. The van der Waals surface area contributed by atoms with Gasteiger partial charge in [0.15, 0.2) is 0 Å². The summed E-state index contributed by atoms with van der Waals surface area (Å²) in [6, 6.07) is 8.24. The average molecular weight is 358 g/mol. The third kappa shape index (κ3) is 5.44. The van der Waals surface area contributed by atoms with Crippen LogP contribution in [0.5, 0.6) is 0 Å². The zero-order valence-corrected chi connectivity index (χ0v) is 14.8. The molecule has 0 fully saturated rings. The van der Waals surface area contributed by atoms with Crippen molar-refractivity contribution in [1.82, 2.24) is 14.7 Å². The Morgan fingerprint density at radius 2 is 2.08 bits per heavy atom. The molecule has 2 aromatic rings. The number of hydrogen-bond acceptors (Lipinski definition) is 4. The van der Waals surface area contributed by atoms with E-state index < -0.39 is 12.0 Å². The molecule has 26 heavy (non-hydrogen) atoms. The summed E-state index contributed by atoms with van der Waals surface area (Å²) in [6.45, 7) is 1.62. The first-order valence-electron chi connectivity index (χ1n) is 8.21. The van der Waals surface area contributed by atoms with Crippen molar-refractivity contribution in [3.63, 3.8) is 0 Å². The van der Waals surface area contributed by atoms with Crippen molar-refractivity contribution in [3.05, 3.63) is 48.3 Å². The number of benzene rings is 1. The Labute approximate surface area is 151 Å². The Kier molecular flexibility index (Phi) is 6.48. The highest BCUT2D eigenvalue weighted by Gasteiger charge is 2.21. The highest BCUT2D eigenvalue weighted by atomic mass is 16.4. The fourth-order valence-corrected chi connectivity index (χ4v) is 2.49. The first-order chi connectivity index (χ1) is 12.4. The summed E-state index contributed by atoms with van der Waals surface area (Å²) in [5, 5.41) is 15.5. The van der Waals surface area contributed by atoms with Gasteiger partial charge in [-0.1, -0.05) is 12.1 Å². The molecular weight excluding hydrogens is 336 g/mol. The number of anilines is 1. The number of likely N-dealkylation sites (N-methyl/N-ethyl adjacent to an activating group) is 1. The second-order valence-electron chi connectivity index (χ2n) is 6.00. The molecule has 8 nitrogen and oxygen atoms in total. The molecule has 0 spiro atoms. The van der Waals surface area contributed by atoms with Crippen molar-refractivity contribution in [2.75, 3.05) is 18.9 Å². The molecular formula is C18H22N4O4. The number of carbonyl (C=O) groups is 3. The number of carboxylic acid groups (broad SMARTS) is 1. The lowest BCUT2D eigenvalue weighted by Gasteiger charge is -2.21. The van der Waals surface area contributed by atoms with Gasteiger partial charge in [0.1, 0.15) is 6.04 Å². The minimum Gasteiger partial charge on any atom is -0.481 e. The third-order valence-electron chi connectivity index (χ3n) is 3.87. The molecule has 0 bridgehead atoms. The lowest BCUT2D eigenvalue weighted by Crippen LogP contribution is -2.38. The predicted octanol–water partition coefficient (Wildman–Crippen LogP) is 1.56. The number of aryl methyl sites for hydroxylation is 1. The van der Waals surface area contributed by atoms with Crippen LogP contribution in [0.15, 0.2) is 42.7 Å². The van der Waals surface area contributed by atoms with Gasteiger partial charge < -0.3 is 15.3 Å². The number of hydrogen-bond donors (Lipinski definition) is 2. The smallest absolute Gasteiger partial charge is 0.303 e. The Balaban J connectivity index is 1.90. The molecule has 0 aliphatic rings. The van der Waals surface area contributed by atoms with E-state index in [4.69, 9.17) is 5.11 Å². The number of amides is 2. The molecule has 138 valence electrons. The number of aromatic nitrogens is 2. The number of carboxylic acids is 1. The number of aliphatic carboxylic acids is 1. The first-order valence-corrected chi connectivity index (χ1v) is 8.21. The molecule has 1 heterocycles. The van der Waals surface area contributed by atoms with Crippen LogP contribution in [-0.2, 0) is 20.8 Å². The SMILES string of the molecule is CC(C(=O)N(C)CC(=O)Nc1cccc(CCC(=O)O)c1)n1cccn1. The van der Waals surface area contributed by atoms with Crippen molar-refractivity contribution in [2.24, 2.45) is 0 Å². The highest BCUT2D eigenvalue weighted by Crippen LogP contribution is 2.13. The maximum Gasteiger partial charge on any atom is 0.303 e. The molecule has 1 atom stereocenters. The molecule has 8 heteroatoms. The minimum absolute atomic E-state index is 0.0277. The molecule has 0 saturated heterocycles. The predicted molar refractivity (Wildman–Crippen MR) is 95.6 cm³/mol. The van der Waals surface area contributed by atoms with E-state index in [1.807, 2.05) is 0 Å². The lowest BCUT2D eigenvalue weighted by atomic mass is 10.1. The van der Waals surface area contributed by atoms with Gasteiger partial charge in [0.2, 0.25) is 11.8 Å². The van der Waals surface area contributed by atoms with E-state index in [2.05, 4.69) is 10.4 Å². The lowest BCUT2D eigenvalue weighted by molar-refractivity contribution is -0.137. The first kappa shape index (κ1) is 19.2. The van der Waals surface area contributed by atoms with E-state index in [0.29, 0.717) is 12.1 Å². The van der Waals surface area contributed by atoms with Crippen LogP contribution in [0, 0.1) is 0 Å². The monoisotopic (exact) mass is 358 g/mol. The van der Waals surface area contributed by atoms with E-state index in [0.717, 1.165) is 5.56 Å². The Bertz CT molecular complexity index is 773. The van der Waals surface area contributed by atoms with Crippen LogP contribution in [0.3, 0.4) is 0 Å². The number of rotatable bonds is 8. The van der Waals surface area contributed by atoms with Gasteiger partial charge >= 0.3 is 5.97 Å². The summed E-state index contributed by atoms with van der Waals surface area (Å²) in [4.78, 5) is 36.5. The van der Waals surface area contributed by atoms with E-state index >= 15 is 0 Å². The van der Waals surface area contributed by atoms with E-state index in [9.17, 15) is 14.4 Å². The second kappa shape index (κ2) is 8.80. The second-order valence-corrected chi connectivity index (χ2v) is 6.00. The van der Waals surface area contributed by atoms with Crippen molar-refractivity contribution in [1.29, 1.82) is 0 Å². The van der Waals surface area contributed by atoms with Crippen molar-refractivity contribution in [3.8, 4) is 0 Å². The number of nitrogens with zero attached hydrogens (tertiary/aromatic N) is 3. The summed E-state index contributed by atoms with van der Waals surface area (Å²) >= 11 is 0. The Hall–Kier alpha value is -3.16. The van der Waals surface area contributed by atoms with Crippen LogP contribution in [-0.4, -0.2) is 51.2 Å². The largest absolute Gasteiger partial charge is 0.481 e. The van der Waals surface area contributed by atoms with Gasteiger partial charge in [-0.25, -0.2) is 0 Å². The standard InChI is InChI=1S/C18H22N4O4/c1-13(22-10-4-9-19-22)18(26)21(2)12-16(23)20-15-6-3-5-14(11-15)7-8-17(24)25/h3-6,9-11,13H,7-8,12H2,1-2H3,(H,20,23)(H,24,25). The number of carbonyl (C=O) groups excluding carboxylic acids is 2. The van der Waals surface area contributed by atoms with Crippen molar-refractivity contribution in [2.45, 2.75) is 25.8 Å². The van der Waals surface area contributed by atoms with E-state index in [1.165, 1.54) is 9.58 Å². The van der Waals surface area contributed by atoms with Crippen molar-refractivity contribution >= 4 is 23.5 Å². The van der Waals surface area contributed by atoms with Gasteiger partial charge in [0.25, 0.3) is 0 Å². The fraction of sp³-hybridized carbons (Fsp3) is 0.333. The van der Waals surface area contributed by atoms with Gasteiger partial charge in [-0.05, 0) is 37.1 Å². The molecule has 2 amide bonds. The Morgan fingerprint density at radius 1 is 1.31 bits per heavy atom. The molecule has 2 N–H and O–H groups in total. The van der Waals surface area contributed by atoms with Gasteiger partial charge in [0.05, 0.1) is 6.54 Å². The van der Waals surface area contributed by atoms with Crippen LogP contribution < -0.4 is 5.32 Å². The van der Waals surface area contributed by atoms with Gasteiger partial charge in [0, 0.05) is 31.5 Å². The zero-order chi connectivity index (χ0) is 19.1. The van der Waals surface area contributed by atoms with E-state index in [1.54, 1.807) is 56.7 Å². The van der Waals surface area contributed by atoms with Crippen LogP contribution in [0.2, 0.25) is 0 Å². The average Bonchev–Trinajstić information content (AvgIpc) is 3.13. The molecule has 2 rings (SSSR count). The van der Waals surface area contributed by atoms with E-state index in [-0.39, 0.29) is 24.8 Å². The summed E-state index contributed by atoms with van der Waals surface area (Å²) in [7, 11) is 1.56. The molecule has 0 radical (unpaired) electrons. The van der Waals surface area contributed by atoms with Crippen LogP contribution >= 0.6 is 0 Å². The highest BCUT2D eigenvalue weighted by molar-refractivity contribution is 5.95. The maximum absolute atomic E-state index is 12.4. The van der Waals surface area contributed by atoms with Gasteiger partial charge in [-0.2, -0.15) is 5.10 Å².